The van der Waals surface area contributed by atoms with Crippen molar-refractivity contribution < 1.29 is 0 Å². The Hall–Kier alpha value is -1.37. The molecule has 0 saturated carbocycles. The number of aromatic nitrogens is 2. The van der Waals surface area contributed by atoms with E-state index in [4.69, 9.17) is 11.6 Å². The molecule has 22 heavy (non-hydrogen) atoms. The van der Waals surface area contributed by atoms with Crippen LogP contribution in [0.1, 0.15) is 11.3 Å². The van der Waals surface area contributed by atoms with E-state index in [1.54, 1.807) is 17.7 Å². The molecule has 0 radical (unpaired) electrons. The van der Waals surface area contributed by atoms with Gasteiger partial charge in [-0.25, -0.2) is 9.97 Å². The first-order valence-electron chi connectivity index (χ1n) is 7.32. The van der Waals surface area contributed by atoms with E-state index in [1.165, 1.54) is 4.88 Å². The summed E-state index contributed by atoms with van der Waals surface area (Å²) in [6, 6.07) is 6.50. The number of nitrogens with zero attached hydrogens (tertiary/aromatic N) is 4. The van der Waals surface area contributed by atoms with Crippen LogP contribution in [0.4, 0.5) is 11.6 Å². The molecule has 1 aliphatic heterocycles. The summed E-state index contributed by atoms with van der Waals surface area (Å²) in [6.07, 6.45) is 2.73. The lowest BCUT2D eigenvalue weighted by molar-refractivity contribution is 0.331. The molecule has 1 aliphatic rings. The quantitative estimate of drug-likeness (QED) is 0.908. The second kappa shape index (κ2) is 6.81. The highest BCUT2D eigenvalue weighted by molar-refractivity contribution is 7.16. The van der Waals surface area contributed by atoms with E-state index in [2.05, 4.69) is 26.3 Å². The van der Waals surface area contributed by atoms with Gasteiger partial charge in [-0.3, -0.25) is 4.90 Å². The molecule has 2 aromatic heterocycles. The zero-order valence-electron chi connectivity index (χ0n) is 12.8. The lowest BCUT2D eigenvalue weighted by Crippen LogP contribution is -2.26. The third-order valence-electron chi connectivity index (χ3n) is 3.74. The molecule has 3 rings (SSSR count). The number of nitrogens with one attached hydrogen (secondary N) is 1. The van der Waals surface area contributed by atoms with E-state index < -0.39 is 0 Å². The average Bonchev–Trinajstić information content (AvgIpc) is 3.09. The van der Waals surface area contributed by atoms with Gasteiger partial charge in [0.05, 0.1) is 4.34 Å². The fourth-order valence-corrected chi connectivity index (χ4v) is 3.76. The van der Waals surface area contributed by atoms with E-state index in [9.17, 15) is 0 Å². The summed E-state index contributed by atoms with van der Waals surface area (Å²) >= 11 is 7.65. The Morgan fingerprint density at radius 1 is 1.41 bits per heavy atom. The smallest absolute Gasteiger partial charge is 0.133 e. The molecule has 1 fully saturated rings. The minimum Gasteiger partial charge on any atom is -0.366 e. The Morgan fingerprint density at radius 3 is 3.00 bits per heavy atom. The van der Waals surface area contributed by atoms with Crippen LogP contribution in [0, 0.1) is 0 Å². The molecule has 0 amide bonds. The Morgan fingerprint density at radius 2 is 2.27 bits per heavy atom. The second-order valence-corrected chi connectivity index (χ2v) is 7.53. The van der Waals surface area contributed by atoms with Gasteiger partial charge in [0.2, 0.25) is 0 Å². The Bertz CT molecular complexity index is 630. The molecule has 0 aromatic carbocycles. The number of hydrogen-bond donors (Lipinski definition) is 1. The highest BCUT2D eigenvalue weighted by Crippen LogP contribution is 2.25. The number of hydrogen-bond acceptors (Lipinski definition) is 6. The molecule has 5 nitrogen and oxygen atoms in total. The first-order chi connectivity index (χ1) is 10.6. The Labute approximate surface area is 139 Å². The number of rotatable bonds is 5. The van der Waals surface area contributed by atoms with Crippen LogP contribution >= 0.6 is 22.9 Å². The number of anilines is 2. The molecule has 2 aromatic rings. The molecule has 7 heteroatoms. The van der Waals surface area contributed by atoms with Crippen molar-refractivity contribution in [3.8, 4) is 0 Å². The average molecular weight is 338 g/mol. The number of halogens is 1. The number of thiophene rings is 1. The molecule has 0 aliphatic carbocycles. The normalized spacial score (nSPS) is 18.6. The summed E-state index contributed by atoms with van der Waals surface area (Å²) < 4.78 is 0.862. The SMILES string of the molecule is CN(C)c1cc(NC2CCN(Cc3ccc(Cl)s3)C2)ncn1. The first-order valence-corrected chi connectivity index (χ1v) is 8.52. The van der Waals surface area contributed by atoms with Gasteiger partial charge < -0.3 is 10.2 Å². The van der Waals surface area contributed by atoms with Crippen molar-refractivity contribution in [1.82, 2.24) is 14.9 Å². The van der Waals surface area contributed by atoms with Gasteiger partial charge in [-0.2, -0.15) is 0 Å². The lowest BCUT2D eigenvalue weighted by atomic mass is 10.2. The van der Waals surface area contributed by atoms with Crippen LogP contribution in [0.25, 0.3) is 0 Å². The van der Waals surface area contributed by atoms with E-state index in [0.717, 1.165) is 42.0 Å². The van der Waals surface area contributed by atoms with Crippen LogP contribution in [-0.4, -0.2) is 48.1 Å². The van der Waals surface area contributed by atoms with E-state index in [1.807, 2.05) is 31.1 Å². The topological polar surface area (TPSA) is 44.3 Å². The fourth-order valence-electron chi connectivity index (χ4n) is 2.63. The van der Waals surface area contributed by atoms with Gasteiger partial charge in [-0.1, -0.05) is 11.6 Å². The van der Waals surface area contributed by atoms with Crippen molar-refractivity contribution in [2.24, 2.45) is 0 Å². The standard InChI is InChI=1S/C15H20ClN5S/c1-20(2)15-7-14(17-10-18-15)19-11-5-6-21(8-11)9-12-3-4-13(16)22-12/h3-4,7,10-11H,5-6,8-9H2,1-2H3,(H,17,18,19). The summed E-state index contributed by atoms with van der Waals surface area (Å²) in [6.45, 7) is 3.10. The van der Waals surface area contributed by atoms with Crippen LogP contribution in [0.2, 0.25) is 4.34 Å². The van der Waals surface area contributed by atoms with Crippen LogP contribution in [0.15, 0.2) is 24.5 Å². The minimum atomic E-state index is 0.431. The maximum atomic E-state index is 5.99. The molecule has 1 saturated heterocycles. The third-order valence-corrected chi connectivity index (χ3v) is 4.96. The molecule has 1 atom stereocenters. The van der Waals surface area contributed by atoms with Crippen molar-refractivity contribution in [2.45, 2.75) is 19.0 Å². The van der Waals surface area contributed by atoms with Crippen molar-refractivity contribution >= 4 is 34.6 Å². The van der Waals surface area contributed by atoms with Gasteiger partial charge in [-0.15, -0.1) is 11.3 Å². The predicted molar refractivity (Wildman–Crippen MR) is 93.0 cm³/mol. The van der Waals surface area contributed by atoms with Crippen LogP contribution in [0.3, 0.4) is 0 Å². The van der Waals surface area contributed by atoms with Crippen molar-refractivity contribution in [1.29, 1.82) is 0 Å². The van der Waals surface area contributed by atoms with Gasteiger partial charge in [0.15, 0.2) is 0 Å². The predicted octanol–water partition coefficient (Wildman–Crippen LogP) is 2.94. The maximum Gasteiger partial charge on any atom is 0.133 e. The fraction of sp³-hybridized carbons (Fsp3) is 0.467. The molecule has 0 spiro atoms. The van der Waals surface area contributed by atoms with Gasteiger partial charge in [0.1, 0.15) is 18.0 Å². The monoisotopic (exact) mass is 337 g/mol. The first kappa shape index (κ1) is 15.5. The Kier molecular flexibility index (Phi) is 4.81. The molecule has 1 N–H and O–H groups in total. The van der Waals surface area contributed by atoms with Crippen molar-refractivity contribution in [2.75, 3.05) is 37.4 Å². The highest BCUT2D eigenvalue weighted by Gasteiger charge is 2.23. The third kappa shape index (κ3) is 3.88. The van der Waals surface area contributed by atoms with E-state index >= 15 is 0 Å². The van der Waals surface area contributed by atoms with Crippen LogP contribution in [0.5, 0.6) is 0 Å². The Balaban J connectivity index is 1.55. The van der Waals surface area contributed by atoms with Crippen molar-refractivity contribution in [3.05, 3.63) is 33.7 Å². The largest absolute Gasteiger partial charge is 0.366 e. The summed E-state index contributed by atoms with van der Waals surface area (Å²) in [5.74, 6) is 1.81. The summed E-state index contributed by atoms with van der Waals surface area (Å²) in [5.41, 5.74) is 0. The summed E-state index contributed by atoms with van der Waals surface area (Å²) in [7, 11) is 3.96. The second-order valence-electron chi connectivity index (χ2n) is 5.73. The van der Waals surface area contributed by atoms with Gasteiger partial charge in [-0.05, 0) is 18.6 Å². The van der Waals surface area contributed by atoms with Gasteiger partial charge in [0.25, 0.3) is 0 Å². The molecule has 1 unspecified atom stereocenters. The molecular weight excluding hydrogens is 318 g/mol. The van der Waals surface area contributed by atoms with E-state index in [0.29, 0.717) is 6.04 Å². The summed E-state index contributed by atoms with van der Waals surface area (Å²) in [4.78, 5) is 14.3. The number of likely N-dealkylation sites (tertiary alicyclic amines) is 1. The van der Waals surface area contributed by atoms with Crippen LogP contribution in [-0.2, 0) is 6.54 Å². The van der Waals surface area contributed by atoms with Gasteiger partial charge >= 0.3 is 0 Å². The molecule has 0 bridgehead atoms. The van der Waals surface area contributed by atoms with Gasteiger partial charge in [0, 0.05) is 50.7 Å². The maximum absolute atomic E-state index is 5.99. The van der Waals surface area contributed by atoms with Crippen molar-refractivity contribution in [3.63, 3.8) is 0 Å². The molecule has 3 heterocycles. The molecular formula is C15H20ClN5S. The zero-order chi connectivity index (χ0) is 15.5. The summed E-state index contributed by atoms with van der Waals surface area (Å²) in [5, 5.41) is 3.51. The molecule has 118 valence electrons. The zero-order valence-corrected chi connectivity index (χ0v) is 14.4. The van der Waals surface area contributed by atoms with E-state index in [-0.39, 0.29) is 0 Å². The van der Waals surface area contributed by atoms with Crippen LogP contribution < -0.4 is 10.2 Å². The highest BCUT2D eigenvalue weighted by atomic mass is 35.5. The minimum absolute atomic E-state index is 0.431. The lowest BCUT2D eigenvalue weighted by Gasteiger charge is -2.17.